The molecule has 3 aromatic rings. The molecule has 0 radical (unpaired) electrons. The molecule has 0 aliphatic carbocycles. The normalized spacial score (nSPS) is 10.6. The Morgan fingerprint density at radius 1 is 1.16 bits per heavy atom. The highest BCUT2D eigenvalue weighted by Crippen LogP contribution is 2.29. The molecule has 7 heteroatoms. The van der Waals surface area contributed by atoms with Crippen molar-refractivity contribution in [1.29, 1.82) is 0 Å². The molecule has 0 atom stereocenters. The van der Waals surface area contributed by atoms with Gasteiger partial charge in [-0.2, -0.15) is 0 Å². The van der Waals surface area contributed by atoms with Crippen LogP contribution in [-0.4, -0.2) is 22.5 Å². The molecular formula is C18H16ClN3OS2. The van der Waals surface area contributed by atoms with E-state index in [9.17, 15) is 4.79 Å². The van der Waals surface area contributed by atoms with Gasteiger partial charge in [-0.3, -0.25) is 4.79 Å². The van der Waals surface area contributed by atoms with Crippen molar-refractivity contribution in [2.75, 3.05) is 11.9 Å². The Hall–Kier alpha value is -1.89. The molecule has 0 bridgehead atoms. The average Bonchev–Trinajstić information content (AvgIpc) is 3.07. The van der Waals surface area contributed by atoms with Gasteiger partial charge >= 0.3 is 0 Å². The number of nitrogens with zero attached hydrogens (tertiary/aromatic N) is 2. The van der Waals surface area contributed by atoms with Crippen LogP contribution in [-0.2, 0) is 5.75 Å². The summed E-state index contributed by atoms with van der Waals surface area (Å²) in [4.78, 5) is 12.1. The largest absolute Gasteiger partial charge is 0.353 e. The second-order valence-electron chi connectivity index (χ2n) is 5.37. The summed E-state index contributed by atoms with van der Waals surface area (Å²) in [5.41, 5.74) is 3.18. The smallest absolute Gasteiger partial charge is 0.206 e. The Morgan fingerprint density at radius 3 is 2.68 bits per heavy atom. The molecule has 0 saturated heterocycles. The number of nitrogens with one attached hydrogen (secondary N) is 1. The molecule has 1 heterocycles. The van der Waals surface area contributed by atoms with Crippen LogP contribution >= 0.6 is 34.7 Å². The fourth-order valence-corrected chi connectivity index (χ4v) is 4.09. The van der Waals surface area contributed by atoms with Gasteiger partial charge in [-0.05, 0) is 42.3 Å². The van der Waals surface area contributed by atoms with Crippen molar-refractivity contribution < 1.29 is 4.79 Å². The standard InChI is InChI=1S/C18H16ClN3OS2/c1-12-4-2-3-5-14(12)11-24-18-22-21-17(25-18)20-10-16(23)13-6-8-15(19)9-7-13/h2-9H,10-11H2,1H3,(H,20,21). The van der Waals surface area contributed by atoms with Crippen molar-refractivity contribution in [1.82, 2.24) is 10.2 Å². The number of anilines is 1. The predicted octanol–water partition coefficient (Wildman–Crippen LogP) is 5.09. The molecular weight excluding hydrogens is 374 g/mol. The maximum absolute atomic E-state index is 12.1. The number of halogens is 1. The molecule has 0 spiro atoms. The number of benzene rings is 2. The van der Waals surface area contributed by atoms with Gasteiger partial charge in [0.25, 0.3) is 0 Å². The first-order valence-electron chi connectivity index (χ1n) is 7.65. The van der Waals surface area contributed by atoms with Gasteiger partial charge in [0, 0.05) is 16.3 Å². The number of carbonyl (C=O) groups excluding carboxylic acids is 1. The minimum absolute atomic E-state index is 0.0130. The van der Waals surface area contributed by atoms with Crippen LogP contribution in [0.4, 0.5) is 5.13 Å². The maximum atomic E-state index is 12.1. The molecule has 3 rings (SSSR count). The van der Waals surface area contributed by atoms with Crippen molar-refractivity contribution in [3.63, 3.8) is 0 Å². The van der Waals surface area contributed by atoms with E-state index in [0.717, 1.165) is 10.1 Å². The summed E-state index contributed by atoms with van der Waals surface area (Å²) in [5.74, 6) is 0.839. The van der Waals surface area contributed by atoms with Gasteiger partial charge in [-0.1, -0.05) is 59.0 Å². The Kier molecular flexibility index (Phi) is 6.07. The molecule has 0 fully saturated rings. The lowest BCUT2D eigenvalue weighted by Crippen LogP contribution is -2.13. The quantitative estimate of drug-likeness (QED) is 0.450. The van der Waals surface area contributed by atoms with Crippen molar-refractivity contribution in [3.05, 3.63) is 70.2 Å². The van der Waals surface area contributed by atoms with Crippen molar-refractivity contribution in [3.8, 4) is 0 Å². The summed E-state index contributed by atoms with van der Waals surface area (Å²) >= 11 is 8.93. The fraction of sp³-hybridized carbons (Fsp3) is 0.167. The van der Waals surface area contributed by atoms with Crippen LogP contribution < -0.4 is 5.32 Å². The molecule has 0 unspecified atom stereocenters. The summed E-state index contributed by atoms with van der Waals surface area (Å²) in [6, 6.07) is 15.1. The molecule has 0 amide bonds. The van der Waals surface area contributed by atoms with Gasteiger partial charge in [0.05, 0.1) is 6.54 Å². The van der Waals surface area contributed by atoms with E-state index in [1.165, 1.54) is 22.5 Å². The van der Waals surface area contributed by atoms with Crippen LogP contribution in [0.15, 0.2) is 52.9 Å². The molecule has 25 heavy (non-hydrogen) atoms. The van der Waals surface area contributed by atoms with Gasteiger partial charge in [0.1, 0.15) is 0 Å². The summed E-state index contributed by atoms with van der Waals surface area (Å²) < 4.78 is 0.879. The topological polar surface area (TPSA) is 54.9 Å². The van der Waals surface area contributed by atoms with E-state index >= 15 is 0 Å². The van der Waals surface area contributed by atoms with Crippen LogP contribution in [0.3, 0.4) is 0 Å². The predicted molar refractivity (Wildman–Crippen MR) is 105 cm³/mol. The zero-order valence-corrected chi connectivity index (χ0v) is 15.9. The fourth-order valence-electron chi connectivity index (χ4n) is 2.14. The van der Waals surface area contributed by atoms with Crippen LogP contribution in [0.1, 0.15) is 21.5 Å². The monoisotopic (exact) mass is 389 g/mol. The molecule has 0 saturated carbocycles. The van der Waals surface area contributed by atoms with E-state index in [1.54, 1.807) is 36.0 Å². The second-order valence-corrected chi connectivity index (χ2v) is 8.01. The van der Waals surface area contributed by atoms with Gasteiger partial charge in [-0.15, -0.1) is 10.2 Å². The number of hydrogen-bond donors (Lipinski definition) is 1. The molecule has 4 nitrogen and oxygen atoms in total. The zero-order valence-electron chi connectivity index (χ0n) is 13.5. The number of aromatic nitrogens is 2. The number of carbonyl (C=O) groups is 1. The zero-order chi connectivity index (χ0) is 17.6. The molecule has 2 aromatic carbocycles. The first-order valence-corrected chi connectivity index (χ1v) is 9.83. The molecule has 0 aliphatic rings. The van der Waals surface area contributed by atoms with Gasteiger partial charge < -0.3 is 5.32 Å². The minimum Gasteiger partial charge on any atom is -0.353 e. The Balaban J connectivity index is 1.52. The Bertz CT molecular complexity index is 865. The van der Waals surface area contributed by atoms with E-state index < -0.39 is 0 Å². The Labute approximate surface area is 159 Å². The van der Waals surface area contributed by atoms with E-state index in [2.05, 4.69) is 34.6 Å². The van der Waals surface area contributed by atoms with E-state index in [4.69, 9.17) is 11.6 Å². The summed E-state index contributed by atoms with van der Waals surface area (Å²) in [6.07, 6.45) is 0. The molecule has 128 valence electrons. The van der Waals surface area contributed by atoms with Crippen LogP contribution in [0.5, 0.6) is 0 Å². The third kappa shape index (κ3) is 5.04. The molecule has 0 aliphatic heterocycles. The van der Waals surface area contributed by atoms with Crippen LogP contribution in [0.2, 0.25) is 5.02 Å². The van der Waals surface area contributed by atoms with Gasteiger partial charge in [0.2, 0.25) is 5.13 Å². The second kappa shape index (κ2) is 8.47. The van der Waals surface area contributed by atoms with E-state index in [0.29, 0.717) is 15.7 Å². The summed E-state index contributed by atoms with van der Waals surface area (Å²) in [6.45, 7) is 2.28. The third-order valence-corrected chi connectivity index (χ3v) is 5.90. The first kappa shape index (κ1) is 17.9. The number of hydrogen-bond acceptors (Lipinski definition) is 6. The van der Waals surface area contributed by atoms with Crippen molar-refractivity contribution in [2.24, 2.45) is 0 Å². The first-order chi connectivity index (χ1) is 12.1. The highest BCUT2D eigenvalue weighted by molar-refractivity contribution is 8.00. The number of rotatable bonds is 7. The highest BCUT2D eigenvalue weighted by atomic mass is 35.5. The lowest BCUT2D eigenvalue weighted by atomic mass is 10.1. The van der Waals surface area contributed by atoms with Crippen molar-refractivity contribution >= 4 is 45.6 Å². The number of aryl methyl sites for hydroxylation is 1. The van der Waals surface area contributed by atoms with Crippen LogP contribution in [0.25, 0.3) is 0 Å². The summed E-state index contributed by atoms with van der Waals surface area (Å²) in [5, 5.41) is 12.6. The molecule has 1 N–H and O–H groups in total. The minimum atomic E-state index is -0.0130. The van der Waals surface area contributed by atoms with Crippen LogP contribution in [0, 0.1) is 6.92 Å². The maximum Gasteiger partial charge on any atom is 0.206 e. The lowest BCUT2D eigenvalue weighted by Gasteiger charge is -2.03. The number of thioether (sulfide) groups is 1. The third-order valence-electron chi connectivity index (χ3n) is 3.59. The highest BCUT2D eigenvalue weighted by Gasteiger charge is 2.09. The van der Waals surface area contributed by atoms with E-state index in [1.807, 2.05) is 12.1 Å². The number of ketones is 1. The summed E-state index contributed by atoms with van der Waals surface area (Å²) in [7, 11) is 0. The molecule has 1 aromatic heterocycles. The average molecular weight is 390 g/mol. The van der Waals surface area contributed by atoms with E-state index in [-0.39, 0.29) is 12.3 Å². The van der Waals surface area contributed by atoms with Gasteiger partial charge in [0.15, 0.2) is 10.1 Å². The van der Waals surface area contributed by atoms with Gasteiger partial charge in [-0.25, -0.2) is 0 Å². The SMILES string of the molecule is Cc1ccccc1CSc1nnc(NCC(=O)c2ccc(Cl)cc2)s1. The Morgan fingerprint density at radius 2 is 1.92 bits per heavy atom. The lowest BCUT2D eigenvalue weighted by molar-refractivity contribution is 0.101. The number of Topliss-reactive ketones (excluding diaryl/α,β-unsaturated/α-hetero) is 1. The van der Waals surface area contributed by atoms with Crippen molar-refractivity contribution in [2.45, 2.75) is 17.0 Å².